The van der Waals surface area contributed by atoms with Gasteiger partial charge in [-0.25, -0.2) is 4.68 Å². The van der Waals surface area contributed by atoms with Crippen LogP contribution in [0.2, 0.25) is 0 Å². The Labute approximate surface area is 64.7 Å². The van der Waals surface area contributed by atoms with Crippen LogP contribution in [0, 0.1) is 11.3 Å². The summed E-state index contributed by atoms with van der Waals surface area (Å²) in [4.78, 5) is 0. The molecule has 0 amide bonds. The fraction of sp³-hybridized carbons (Fsp3) is 0.429. The maximum absolute atomic E-state index is 9.28. The Hall–Kier alpha value is -1.50. The third-order valence-corrected chi connectivity index (χ3v) is 1.38. The van der Waals surface area contributed by atoms with Gasteiger partial charge in [-0.05, 0) is 13.8 Å². The Balaban J connectivity index is 3.13. The van der Waals surface area contributed by atoms with E-state index in [4.69, 9.17) is 5.26 Å². The number of hydrogen-bond donors (Lipinski definition) is 1. The van der Waals surface area contributed by atoms with Crippen molar-refractivity contribution in [2.75, 3.05) is 0 Å². The van der Waals surface area contributed by atoms with Crippen LogP contribution in [0.3, 0.4) is 0 Å². The molecular formula is C7H9N3O. The molecule has 0 bridgehead atoms. The molecule has 0 spiro atoms. The first-order valence-corrected chi connectivity index (χ1v) is 3.33. The maximum atomic E-state index is 9.28. The molecule has 0 radical (unpaired) electrons. The molecule has 1 N–H and O–H groups in total. The van der Waals surface area contributed by atoms with Gasteiger partial charge in [0.15, 0.2) is 0 Å². The summed E-state index contributed by atoms with van der Waals surface area (Å²) in [6.45, 7) is 3.77. The Kier molecular flexibility index (Phi) is 1.81. The smallest absolute Gasteiger partial charge is 0.227 e. The first-order valence-electron chi connectivity index (χ1n) is 3.33. The molecule has 11 heavy (non-hydrogen) atoms. The lowest BCUT2D eigenvalue weighted by atomic mass is 10.3. The van der Waals surface area contributed by atoms with Crippen LogP contribution in [-0.4, -0.2) is 14.9 Å². The lowest BCUT2D eigenvalue weighted by Crippen LogP contribution is -2.01. The van der Waals surface area contributed by atoms with Crippen LogP contribution >= 0.6 is 0 Å². The van der Waals surface area contributed by atoms with Crippen molar-refractivity contribution < 1.29 is 5.11 Å². The van der Waals surface area contributed by atoms with E-state index in [1.54, 1.807) is 0 Å². The van der Waals surface area contributed by atoms with Gasteiger partial charge in [0.25, 0.3) is 0 Å². The Bertz CT molecular complexity index is 295. The van der Waals surface area contributed by atoms with Crippen LogP contribution in [0.25, 0.3) is 0 Å². The van der Waals surface area contributed by atoms with Crippen molar-refractivity contribution in [1.29, 1.82) is 5.26 Å². The van der Waals surface area contributed by atoms with Crippen LogP contribution < -0.4 is 0 Å². The summed E-state index contributed by atoms with van der Waals surface area (Å²) in [5.41, 5.74) is 0.221. The van der Waals surface area contributed by atoms with E-state index < -0.39 is 0 Å². The van der Waals surface area contributed by atoms with Gasteiger partial charge in [-0.1, -0.05) is 0 Å². The zero-order chi connectivity index (χ0) is 8.43. The van der Waals surface area contributed by atoms with E-state index >= 15 is 0 Å². The maximum Gasteiger partial charge on any atom is 0.227 e. The standard InChI is InChI=1S/C7H9N3O/c1-5(2)10-7(11)6(3-8)4-9-10/h4-5,11H,1-2H3. The van der Waals surface area contributed by atoms with Gasteiger partial charge in [0.05, 0.1) is 12.2 Å². The highest BCUT2D eigenvalue weighted by Crippen LogP contribution is 2.18. The molecule has 1 aromatic rings. The molecule has 4 nitrogen and oxygen atoms in total. The second kappa shape index (κ2) is 2.62. The van der Waals surface area contributed by atoms with Crippen molar-refractivity contribution in [3.63, 3.8) is 0 Å². The van der Waals surface area contributed by atoms with Crippen molar-refractivity contribution in [1.82, 2.24) is 9.78 Å². The van der Waals surface area contributed by atoms with Gasteiger partial charge in [0.2, 0.25) is 5.88 Å². The Morgan fingerprint density at radius 3 is 2.64 bits per heavy atom. The summed E-state index contributed by atoms with van der Waals surface area (Å²) >= 11 is 0. The van der Waals surface area contributed by atoms with Crippen LogP contribution in [0.5, 0.6) is 5.88 Å². The van der Waals surface area contributed by atoms with E-state index in [0.29, 0.717) is 0 Å². The molecule has 0 aliphatic carbocycles. The molecule has 1 rings (SSSR count). The molecule has 0 aliphatic heterocycles. The van der Waals surface area contributed by atoms with Crippen LogP contribution in [0.4, 0.5) is 0 Å². The summed E-state index contributed by atoms with van der Waals surface area (Å²) in [7, 11) is 0. The van der Waals surface area contributed by atoms with Crippen LogP contribution in [-0.2, 0) is 0 Å². The van der Waals surface area contributed by atoms with E-state index in [1.165, 1.54) is 10.9 Å². The molecule has 58 valence electrons. The normalized spacial score (nSPS) is 10.0. The fourth-order valence-electron chi connectivity index (χ4n) is 0.813. The predicted octanol–water partition coefficient (Wildman–Crippen LogP) is 1.04. The molecule has 0 aliphatic rings. The third-order valence-electron chi connectivity index (χ3n) is 1.38. The highest BCUT2D eigenvalue weighted by molar-refractivity contribution is 5.35. The predicted molar refractivity (Wildman–Crippen MR) is 39.0 cm³/mol. The minimum absolute atomic E-state index is 0.0532. The van der Waals surface area contributed by atoms with Gasteiger partial charge in [0, 0.05) is 0 Å². The van der Waals surface area contributed by atoms with Crippen molar-refractivity contribution in [3.8, 4) is 11.9 Å². The average molecular weight is 151 g/mol. The molecule has 1 heterocycles. The fourth-order valence-corrected chi connectivity index (χ4v) is 0.813. The zero-order valence-corrected chi connectivity index (χ0v) is 6.44. The number of nitriles is 1. The monoisotopic (exact) mass is 151 g/mol. The number of aromatic hydroxyl groups is 1. The summed E-state index contributed by atoms with van der Waals surface area (Å²) < 4.78 is 1.40. The van der Waals surface area contributed by atoms with Crippen molar-refractivity contribution in [2.45, 2.75) is 19.9 Å². The van der Waals surface area contributed by atoms with E-state index in [9.17, 15) is 5.11 Å². The Morgan fingerprint density at radius 1 is 1.73 bits per heavy atom. The lowest BCUT2D eigenvalue weighted by molar-refractivity contribution is 0.376. The molecule has 0 aromatic carbocycles. The minimum atomic E-state index is -0.0532. The summed E-state index contributed by atoms with van der Waals surface area (Å²) in [5, 5.41) is 21.6. The second-order valence-corrected chi connectivity index (χ2v) is 2.53. The van der Waals surface area contributed by atoms with Gasteiger partial charge >= 0.3 is 0 Å². The van der Waals surface area contributed by atoms with E-state index in [2.05, 4.69) is 5.10 Å². The molecular weight excluding hydrogens is 142 g/mol. The molecule has 0 atom stereocenters. The quantitative estimate of drug-likeness (QED) is 0.652. The summed E-state index contributed by atoms with van der Waals surface area (Å²) in [6, 6.07) is 1.92. The van der Waals surface area contributed by atoms with E-state index in [1.807, 2.05) is 19.9 Å². The molecule has 0 saturated heterocycles. The van der Waals surface area contributed by atoms with Gasteiger partial charge in [-0.2, -0.15) is 10.4 Å². The lowest BCUT2D eigenvalue weighted by Gasteiger charge is -2.04. The highest BCUT2D eigenvalue weighted by Gasteiger charge is 2.09. The molecule has 0 saturated carbocycles. The molecule has 1 aromatic heterocycles. The van der Waals surface area contributed by atoms with Crippen molar-refractivity contribution >= 4 is 0 Å². The first kappa shape index (κ1) is 7.61. The topological polar surface area (TPSA) is 61.8 Å². The number of aromatic nitrogens is 2. The average Bonchev–Trinajstić information content (AvgIpc) is 2.30. The number of nitrogens with zero attached hydrogens (tertiary/aromatic N) is 3. The zero-order valence-electron chi connectivity index (χ0n) is 6.44. The number of rotatable bonds is 1. The first-order chi connectivity index (χ1) is 5.16. The molecule has 4 heteroatoms. The minimum Gasteiger partial charge on any atom is -0.492 e. The Morgan fingerprint density at radius 2 is 2.36 bits per heavy atom. The number of hydrogen-bond acceptors (Lipinski definition) is 3. The van der Waals surface area contributed by atoms with Crippen molar-refractivity contribution in [3.05, 3.63) is 11.8 Å². The van der Waals surface area contributed by atoms with Gasteiger partial charge in [0.1, 0.15) is 11.6 Å². The van der Waals surface area contributed by atoms with E-state index in [-0.39, 0.29) is 17.5 Å². The SMILES string of the molecule is CC(C)n1ncc(C#N)c1O. The van der Waals surface area contributed by atoms with Crippen molar-refractivity contribution in [2.24, 2.45) is 0 Å². The van der Waals surface area contributed by atoms with Gasteiger partial charge in [-0.3, -0.25) is 0 Å². The van der Waals surface area contributed by atoms with E-state index in [0.717, 1.165) is 0 Å². The highest BCUT2D eigenvalue weighted by atomic mass is 16.3. The summed E-state index contributed by atoms with van der Waals surface area (Å²) in [6.07, 6.45) is 1.36. The largest absolute Gasteiger partial charge is 0.492 e. The van der Waals surface area contributed by atoms with Crippen LogP contribution in [0.15, 0.2) is 6.20 Å². The molecule has 0 fully saturated rings. The van der Waals surface area contributed by atoms with Gasteiger partial charge < -0.3 is 5.11 Å². The molecule has 0 unspecified atom stereocenters. The summed E-state index contributed by atoms with van der Waals surface area (Å²) in [5.74, 6) is -0.0532. The van der Waals surface area contributed by atoms with Crippen LogP contribution in [0.1, 0.15) is 25.5 Å². The second-order valence-electron chi connectivity index (χ2n) is 2.53. The third kappa shape index (κ3) is 1.17. The van der Waals surface area contributed by atoms with Gasteiger partial charge in [-0.15, -0.1) is 0 Å².